The van der Waals surface area contributed by atoms with E-state index in [1.54, 1.807) is 0 Å². The zero-order valence-electron chi connectivity index (χ0n) is 31.0. The summed E-state index contributed by atoms with van der Waals surface area (Å²) in [5.41, 5.74) is 0. The molecule has 0 saturated heterocycles. The van der Waals surface area contributed by atoms with E-state index in [0.717, 1.165) is 29.6 Å². The van der Waals surface area contributed by atoms with Gasteiger partial charge >= 0.3 is 0 Å². The smallest absolute Gasteiger partial charge is 0.0417 e. The predicted molar refractivity (Wildman–Crippen MR) is 193 cm³/mol. The highest BCUT2D eigenvalue weighted by molar-refractivity contribution is 4.66. The maximum absolute atomic E-state index is 2.32. The van der Waals surface area contributed by atoms with Crippen LogP contribution in [0.2, 0.25) is 0 Å². The van der Waals surface area contributed by atoms with Crippen LogP contribution in [0, 0.1) is 29.6 Å². The second-order valence-electron chi connectivity index (χ2n) is 13.5. The van der Waals surface area contributed by atoms with E-state index in [4.69, 9.17) is 0 Å². The van der Waals surface area contributed by atoms with Gasteiger partial charge in [-0.25, -0.2) is 0 Å². The van der Waals surface area contributed by atoms with Crippen LogP contribution in [0.3, 0.4) is 0 Å². The van der Waals surface area contributed by atoms with E-state index < -0.39 is 0 Å². The largest absolute Gasteiger partial charge is 0.0683 e. The van der Waals surface area contributed by atoms with Crippen LogP contribution in [0.5, 0.6) is 0 Å². The van der Waals surface area contributed by atoms with Gasteiger partial charge in [0.15, 0.2) is 0 Å². The highest BCUT2D eigenvalue weighted by Gasteiger charge is 2.13. The summed E-state index contributed by atoms with van der Waals surface area (Å²) in [6.07, 6.45) is 40.2. The predicted octanol–water partition coefficient (Wildman–Crippen LogP) is 15.8. The first kappa shape index (κ1) is 43.1. The van der Waals surface area contributed by atoms with E-state index in [-0.39, 0.29) is 0 Å². The maximum Gasteiger partial charge on any atom is -0.0417 e. The Kier molecular flexibility index (Phi) is 36.3. The SMILES string of the molecule is CC.CC.CCC1CCCC1.CCC1CCCC1.CCC1CCCC1.CCC1CCCCC1.CCC1CCCCC1. The van der Waals surface area contributed by atoms with Crippen molar-refractivity contribution in [2.24, 2.45) is 29.6 Å². The van der Waals surface area contributed by atoms with Crippen molar-refractivity contribution in [2.45, 2.75) is 236 Å². The lowest BCUT2D eigenvalue weighted by Crippen LogP contribution is -2.03. The lowest BCUT2D eigenvalue weighted by molar-refractivity contribution is 0.349. The summed E-state index contributed by atoms with van der Waals surface area (Å²) >= 11 is 0. The highest BCUT2D eigenvalue weighted by atomic mass is 14.2. The fourth-order valence-electron chi connectivity index (χ4n) is 7.45. The number of hydrogen-bond acceptors (Lipinski definition) is 0. The van der Waals surface area contributed by atoms with Crippen LogP contribution >= 0.6 is 0 Å². The molecule has 0 unspecified atom stereocenters. The first-order valence-electron chi connectivity index (χ1n) is 20.2. The second kappa shape index (κ2) is 34.5. The quantitative estimate of drug-likeness (QED) is 0.304. The molecular weight excluding hydrogens is 492 g/mol. The Morgan fingerprint density at radius 3 is 0.463 bits per heavy atom. The lowest BCUT2D eigenvalue weighted by Gasteiger charge is -2.18. The summed E-state index contributed by atoms with van der Waals surface area (Å²) in [6.45, 7) is 19.5. The molecule has 0 spiro atoms. The van der Waals surface area contributed by atoms with E-state index in [2.05, 4.69) is 34.6 Å². The molecule has 0 nitrogen and oxygen atoms in total. The molecule has 0 aromatic heterocycles. The van der Waals surface area contributed by atoms with Crippen LogP contribution in [0.25, 0.3) is 0 Å². The Hall–Kier alpha value is 0. The van der Waals surface area contributed by atoms with Crippen molar-refractivity contribution < 1.29 is 0 Å². The summed E-state index contributed by atoms with van der Waals surface area (Å²) in [4.78, 5) is 0. The van der Waals surface area contributed by atoms with Crippen LogP contribution < -0.4 is 0 Å². The van der Waals surface area contributed by atoms with Gasteiger partial charge in [-0.3, -0.25) is 0 Å². The molecule has 5 aliphatic carbocycles. The summed E-state index contributed by atoms with van der Waals surface area (Å²) in [7, 11) is 0. The third-order valence-corrected chi connectivity index (χ3v) is 10.8. The summed E-state index contributed by atoms with van der Waals surface area (Å²) < 4.78 is 0. The average molecular weight is 579 g/mol. The molecule has 250 valence electrons. The molecule has 0 heterocycles. The van der Waals surface area contributed by atoms with Crippen LogP contribution in [0.4, 0.5) is 0 Å². The fraction of sp³-hybridized carbons (Fsp3) is 1.00. The molecule has 5 saturated carbocycles. The van der Waals surface area contributed by atoms with Crippen LogP contribution in [0.1, 0.15) is 236 Å². The van der Waals surface area contributed by atoms with Gasteiger partial charge in [0.1, 0.15) is 0 Å². The molecule has 5 fully saturated rings. The molecule has 0 aromatic carbocycles. The molecule has 0 radical (unpaired) electrons. The molecule has 5 aliphatic rings. The topological polar surface area (TPSA) is 0 Å². The average Bonchev–Trinajstić information content (AvgIpc) is 3.89. The van der Waals surface area contributed by atoms with Gasteiger partial charge in [-0.15, -0.1) is 0 Å². The summed E-state index contributed by atoms with van der Waals surface area (Å²) in [5, 5.41) is 0. The van der Waals surface area contributed by atoms with Gasteiger partial charge in [-0.1, -0.05) is 236 Å². The molecular formula is C41H86. The zero-order valence-corrected chi connectivity index (χ0v) is 31.0. The third-order valence-electron chi connectivity index (χ3n) is 10.8. The second-order valence-corrected chi connectivity index (χ2v) is 13.5. The third kappa shape index (κ3) is 26.1. The van der Waals surface area contributed by atoms with Gasteiger partial charge in [0.2, 0.25) is 0 Å². The monoisotopic (exact) mass is 579 g/mol. The lowest BCUT2D eigenvalue weighted by atomic mass is 9.88. The van der Waals surface area contributed by atoms with Gasteiger partial charge in [0.25, 0.3) is 0 Å². The molecule has 0 heteroatoms. The normalized spacial score (nSPS) is 21.6. The minimum absolute atomic E-state index is 1.09. The zero-order chi connectivity index (χ0) is 31.0. The highest BCUT2D eigenvalue weighted by Crippen LogP contribution is 2.28. The molecule has 41 heavy (non-hydrogen) atoms. The first-order valence-corrected chi connectivity index (χ1v) is 20.2. The fourth-order valence-corrected chi connectivity index (χ4v) is 7.45. The van der Waals surface area contributed by atoms with Crippen molar-refractivity contribution in [3.63, 3.8) is 0 Å². The molecule has 5 rings (SSSR count). The summed E-state index contributed by atoms with van der Waals surface area (Å²) in [6, 6.07) is 0. The van der Waals surface area contributed by atoms with Crippen LogP contribution in [-0.2, 0) is 0 Å². The molecule has 0 N–H and O–H groups in total. The van der Waals surface area contributed by atoms with E-state index in [1.165, 1.54) is 173 Å². The van der Waals surface area contributed by atoms with Crippen molar-refractivity contribution in [3.05, 3.63) is 0 Å². The molecule has 0 aliphatic heterocycles. The van der Waals surface area contributed by atoms with Crippen molar-refractivity contribution in [1.82, 2.24) is 0 Å². The van der Waals surface area contributed by atoms with Gasteiger partial charge in [0.05, 0.1) is 0 Å². The minimum Gasteiger partial charge on any atom is -0.0683 e. The van der Waals surface area contributed by atoms with Crippen molar-refractivity contribution in [3.8, 4) is 0 Å². The van der Waals surface area contributed by atoms with E-state index in [9.17, 15) is 0 Å². The van der Waals surface area contributed by atoms with Gasteiger partial charge in [-0.05, 0) is 29.6 Å². The molecule has 0 aromatic rings. The Bertz CT molecular complexity index is 367. The Balaban J connectivity index is 0. The Morgan fingerprint density at radius 2 is 0.366 bits per heavy atom. The summed E-state index contributed by atoms with van der Waals surface area (Å²) in [5.74, 6) is 5.47. The van der Waals surface area contributed by atoms with Crippen molar-refractivity contribution >= 4 is 0 Å². The Labute approximate surface area is 264 Å². The van der Waals surface area contributed by atoms with E-state index in [0.29, 0.717) is 0 Å². The van der Waals surface area contributed by atoms with Crippen LogP contribution in [0.15, 0.2) is 0 Å². The van der Waals surface area contributed by atoms with E-state index in [1.807, 2.05) is 27.7 Å². The van der Waals surface area contributed by atoms with Gasteiger partial charge < -0.3 is 0 Å². The van der Waals surface area contributed by atoms with Gasteiger partial charge in [-0.2, -0.15) is 0 Å². The van der Waals surface area contributed by atoms with E-state index >= 15 is 0 Å². The minimum atomic E-state index is 1.09. The number of hydrogen-bond donors (Lipinski definition) is 0. The standard InChI is InChI=1S/2C8H16.3C7H14.2C2H6/c2*1-2-8-6-4-3-5-7-8;3*1-2-7-5-3-4-6-7;2*1-2/h2*8H,2-7H2,1H3;3*7H,2-6H2,1H3;2*1-2H3. The van der Waals surface area contributed by atoms with Gasteiger partial charge in [0, 0.05) is 0 Å². The number of rotatable bonds is 5. The molecule has 0 amide bonds. The molecule has 0 bridgehead atoms. The van der Waals surface area contributed by atoms with Crippen LogP contribution in [-0.4, -0.2) is 0 Å². The van der Waals surface area contributed by atoms with Crippen molar-refractivity contribution in [1.29, 1.82) is 0 Å². The Morgan fingerprint density at radius 1 is 0.244 bits per heavy atom. The first-order chi connectivity index (χ1) is 20.2. The molecule has 0 atom stereocenters. The maximum atomic E-state index is 2.32. The van der Waals surface area contributed by atoms with Crippen molar-refractivity contribution in [2.75, 3.05) is 0 Å².